The number of amides is 2. The molecule has 0 aliphatic carbocycles. The van der Waals surface area contributed by atoms with Crippen molar-refractivity contribution in [3.05, 3.63) is 0 Å². The van der Waals surface area contributed by atoms with Gasteiger partial charge in [0, 0.05) is 20.2 Å². The fraction of sp³-hybridized carbons (Fsp3) is 0.833. The highest BCUT2D eigenvalue weighted by Crippen LogP contribution is 1.95. The summed E-state index contributed by atoms with van der Waals surface area (Å²) in [4.78, 5) is 24.0. The highest BCUT2D eigenvalue weighted by molar-refractivity contribution is 5.74. The maximum atomic E-state index is 11.4. The summed E-state index contributed by atoms with van der Waals surface area (Å²) in [5, 5.41) is 13.9. The molecule has 0 fully saturated rings. The van der Waals surface area contributed by atoms with Crippen LogP contribution in [0.1, 0.15) is 19.3 Å². The van der Waals surface area contributed by atoms with Gasteiger partial charge in [-0.3, -0.25) is 4.79 Å². The van der Waals surface area contributed by atoms with Gasteiger partial charge in [0.2, 0.25) is 0 Å². The fourth-order valence-electron chi connectivity index (χ4n) is 1.46. The monoisotopic (exact) mass is 275 g/mol. The van der Waals surface area contributed by atoms with Crippen molar-refractivity contribution in [1.82, 2.24) is 15.5 Å². The Kier molecular flexibility index (Phi) is 9.82. The van der Waals surface area contributed by atoms with E-state index in [1.807, 2.05) is 14.1 Å². The van der Waals surface area contributed by atoms with E-state index in [1.54, 1.807) is 0 Å². The Hall–Kier alpha value is -1.34. The molecule has 0 radical (unpaired) electrons. The normalized spacial score (nSPS) is 12.2. The Morgan fingerprint density at radius 1 is 1.26 bits per heavy atom. The van der Waals surface area contributed by atoms with Crippen LogP contribution in [0, 0.1) is 0 Å². The first kappa shape index (κ1) is 17.7. The van der Waals surface area contributed by atoms with E-state index in [4.69, 9.17) is 9.84 Å². The van der Waals surface area contributed by atoms with E-state index in [2.05, 4.69) is 15.5 Å². The van der Waals surface area contributed by atoms with E-state index in [0.29, 0.717) is 6.54 Å². The molecule has 7 nitrogen and oxygen atoms in total. The number of hydrogen-bond donors (Lipinski definition) is 3. The van der Waals surface area contributed by atoms with Crippen LogP contribution in [0.2, 0.25) is 0 Å². The molecule has 7 heteroatoms. The molecule has 3 N–H and O–H groups in total. The molecule has 0 aromatic heterocycles. The van der Waals surface area contributed by atoms with Crippen LogP contribution in [0.4, 0.5) is 4.79 Å². The van der Waals surface area contributed by atoms with Crippen molar-refractivity contribution in [2.24, 2.45) is 0 Å². The lowest BCUT2D eigenvalue weighted by Gasteiger charge is -2.14. The summed E-state index contributed by atoms with van der Waals surface area (Å²) < 4.78 is 4.95. The zero-order valence-electron chi connectivity index (χ0n) is 11.9. The first-order chi connectivity index (χ1) is 8.95. The SMILES string of the molecule is COC(CNC(=O)NCCCCN(C)C)CC(=O)O. The van der Waals surface area contributed by atoms with Crippen molar-refractivity contribution in [2.75, 3.05) is 40.8 Å². The summed E-state index contributed by atoms with van der Waals surface area (Å²) >= 11 is 0. The van der Waals surface area contributed by atoms with Gasteiger partial charge in [0.25, 0.3) is 0 Å². The molecule has 112 valence electrons. The minimum absolute atomic E-state index is 0.125. The van der Waals surface area contributed by atoms with Crippen molar-refractivity contribution in [2.45, 2.75) is 25.4 Å². The molecule has 0 rings (SSSR count). The van der Waals surface area contributed by atoms with Crippen LogP contribution >= 0.6 is 0 Å². The van der Waals surface area contributed by atoms with E-state index >= 15 is 0 Å². The van der Waals surface area contributed by atoms with Gasteiger partial charge >= 0.3 is 12.0 Å². The third-order valence-electron chi connectivity index (χ3n) is 2.54. The second kappa shape index (κ2) is 10.6. The van der Waals surface area contributed by atoms with Crippen molar-refractivity contribution in [3.63, 3.8) is 0 Å². The van der Waals surface area contributed by atoms with E-state index in [0.717, 1.165) is 19.4 Å². The van der Waals surface area contributed by atoms with Gasteiger partial charge in [0.15, 0.2) is 0 Å². The summed E-state index contributed by atoms with van der Waals surface area (Å²) in [6.45, 7) is 1.79. The average molecular weight is 275 g/mol. The Balaban J connectivity index is 3.60. The lowest BCUT2D eigenvalue weighted by molar-refractivity contribution is -0.139. The lowest BCUT2D eigenvalue weighted by Crippen LogP contribution is -2.41. The molecule has 0 heterocycles. The van der Waals surface area contributed by atoms with Crippen LogP contribution < -0.4 is 10.6 Å². The van der Waals surface area contributed by atoms with Gasteiger partial charge in [0.05, 0.1) is 12.5 Å². The Labute approximate surface area is 114 Å². The van der Waals surface area contributed by atoms with E-state index in [9.17, 15) is 9.59 Å². The number of methoxy groups -OCH3 is 1. The molecular formula is C12H25N3O4. The largest absolute Gasteiger partial charge is 0.481 e. The zero-order chi connectivity index (χ0) is 14.7. The molecule has 0 aromatic rings. The van der Waals surface area contributed by atoms with Crippen LogP contribution in [0.25, 0.3) is 0 Å². The molecule has 0 spiro atoms. The molecule has 1 unspecified atom stereocenters. The molecule has 2 amide bonds. The molecule has 0 aliphatic heterocycles. The number of carbonyl (C=O) groups excluding carboxylic acids is 1. The fourth-order valence-corrected chi connectivity index (χ4v) is 1.46. The first-order valence-corrected chi connectivity index (χ1v) is 6.36. The van der Waals surface area contributed by atoms with Crippen molar-refractivity contribution in [1.29, 1.82) is 0 Å². The number of nitrogens with one attached hydrogen (secondary N) is 2. The minimum atomic E-state index is -0.947. The summed E-state index contributed by atoms with van der Waals surface area (Å²) in [6, 6.07) is -0.294. The van der Waals surface area contributed by atoms with E-state index < -0.39 is 12.1 Å². The van der Waals surface area contributed by atoms with Crippen LogP contribution in [0.5, 0.6) is 0 Å². The maximum absolute atomic E-state index is 11.4. The zero-order valence-corrected chi connectivity index (χ0v) is 11.9. The Bertz CT molecular complexity index is 272. The smallest absolute Gasteiger partial charge is 0.314 e. The van der Waals surface area contributed by atoms with Gasteiger partial charge in [0.1, 0.15) is 0 Å². The molecule has 0 saturated carbocycles. The molecule has 0 saturated heterocycles. The average Bonchev–Trinajstić information content (AvgIpc) is 2.33. The minimum Gasteiger partial charge on any atom is -0.481 e. The second-order valence-corrected chi connectivity index (χ2v) is 4.60. The van der Waals surface area contributed by atoms with Crippen molar-refractivity contribution >= 4 is 12.0 Å². The standard InChI is InChI=1S/C12H25N3O4/c1-15(2)7-5-4-6-13-12(18)14-9-10(19-3)8-11(16)17/h10H,4-9H2,1-3H3,(H,16,17)(H2,13,14,18). The summed E-state index contributed by atoms with van der Waals surface area (Å²) in [7, 11) is 5.44. The number of aliphatic carboxylic acids is 1. The first-order valence-electron chi connectivity index (χ1n) is 6.36. The molecule has 19 heavy (non-hydrogen) atoms. The summed E-state index contributed by atoms with van der Waals surface area (Å²) in [5.41, 5.74) is 0. The molecule has 0 bridgehead atoms. The highest BCUT2D eigenvalue weighted by Gasteiger charge is 2.13. The number of carboxylic acid groups (broad SMARTS) is 1. The number of ether oxygens (including phenoxy) is 1. The number of urea groups is 1. The van der Waals surface area contributed by atoms with Gasteiger partial charge in [-0.25, -0.2) is 4.79 Å². The van der Waals surface area contributed by atoms with Gasteiger partial charge in [-0.1, -0.05) is 0 Å². The highest BCUT2D eigenvalue weighted by atomic mass is 16.5. The van der Waals surface area contributed by atoms with Crippen LogP contribution in [0.15, 0.2) is 0 Å². The predicted molar refractivity (Wildman–Crippen MR) is 72.2 cm³/mol. The van der Waals surface area contributed by atoms with Gasteiger partial charge in [-0.05, 0) is 33.5 Å². The molecule has 0 aromatic carbocycles. The van der Waals surface area contributed by atoms with E-state index in [1.165, 1.54) is 7.11 Å². The Morgan fingerprint density at radius 2 is 1.95 bits per heavy atom. The number of rotatable bonds is 10. The van der Waals surface area contributed by atoms with Gasteiger partial charge in [-0.15, -0.1) is 0 Å². The predicted octanol–water partition coefficient (Wildman–Crippen LogP) is 0.117. The third-order valence-corrected chi connectivity index (χ3v) is 2.54. The topological polar surface area (TPSA) is 90.9 Å². The van der Waals surface area contributed by atoms with Gasteiger partial charge in [-0.2, -0.15) is 0 Å². The number of unbranched alkanes of at least 4 members (excludes halogenated alkanes) is 1. The van der Waals surface area contributed by atoms with Gasteiger partial charge < -0.3 is 25.4 Å². The maximum Gasteiger partial charge on any atom is 0.314 e. The number of carboxylic acids is 1. The van der Waals surface area contributed by atoms with Crippen LogP contribution in [-0.2, 0) is 9.53 Å². The van der Waals surface area contributed by atoms with Crippen molar-refractivity contribution in [3.8, 4) is 0 Å². The van der Waals surface area contributed by atoms with Crippen LogP contribution in [0.3, 0.4) is 0 Å². The number of hydrogen-bond acceptors (Lipinski definition) is 4. The summed E-state index contributed by atoms with van der Waals surface area (Å²) in [5.74, 6) is -0.947. The molecular weight excluding hydrogens is 250 g/mol. The molecule has 0 aliphatic rings. The van der Waals surface area contributed by atoms with E-state index in [-0.39, 0.29) is 19.0 Å². The van der Waals surface area contributed by atoms with Crippen LogP contribution in [-0.4, -0.2) is 69.0 Å². The number of carbonyl (C=O) groups is 2. The second-order valence-electron chi connectivity index (χ2n) is 4.60. The summed E-state index contributed by atoms with van der Waals surface area (Å²) in [6.07, 6.45) is 1.30. The lowest BCUT2D eigenvalue weighted by atomic mass is 10.2. The van der Waals surface area contributed by atoms with Crippen molar-refractivity contribution < 1.29 is 19.4 Å². The third kappa shape index (κ3) is 11.5. The quantitative estimate of drug-likeness (QED) is 0.493. The number of nitrogens with zero attached hydrogens (tertiary/aromatic N) is 1. The Morgan fingerprint density at radius 3 is 2.47 bits per heavy atom. The molecule has 1 atom stereocenters.